The zero-order valence-electron chi connectivity index (χ0n) is 16.4. The number of aliphatic carboxylic acids is 1. The molecule has 0 amide bonds. The second-order valence-electron chi connectivity index (χ2n) is 7.71. The van der Waals surface area contributed by atoms with Crippen LogP contribution in [0.4, 0.5) is 0 Å². The summed E-state index contributed by atoms with van der Waals surface area (Å²) in [5.74, 6) is -0.946. The third-order valence-electron chi connectivity index (χ3n) is 5.91. The minimum absolute atomic E-state index is 0.00576. The van der Waals surface area contributed by atoms with Gasteiger partial charge in [-0.25, -0.2) is 0 Å². The summed E-state index contributed by atoms with van der Waals surface area (Å²) >= 11 is 0. The maximum atomic E-state index is 11.4. The molecule has 0 saturated heterocycles. The highest BCUT2D eigenvalue weighted by molar-refractivity contribution is 5.70. The van der Waals surface area contributed by atoms with Crippen molar-refractivity contribution in [2.45, 2.75) is 37.4 Å². The minimum Gasteiger partial charge on any atom is -0.481 e. The first-order valence-corrected chi connectivity index (χ1v) is 10.3. The van der Waals surface area contributed by atoms with Crippen molar-refractivity contribution in [1.29, 1.82) is 0 Å². The van der Waals surface area contributed by atoms with Gasteiger partial charge in [-0.1, -0.05) is 91.0 Å². The lowest BCUT2D eigenvalue weighted by Gasteiger charge is -2.40. The minimum atomic E-state index is -0.732. The summed E-state index contributed by atoms with van der Waals surface area (Å²) in [4.78, 5) is 11.4. The molecule has 0 aliphatic heterocycles. The molecule has 4 rings (SSSR count). The van der Waals surface area contributed by atoms with Crippen LogP contribution in [0.1, 0.15) is 42.4 Å². The molecule has 1 fully saturated rings. The number of hydrogen-bond donors (Lipinski definition) is 1. The lowest BCUT2D eigenvalue weighted by Crippen LogP contribution is -2.39. The highest BCUT2D eigenvalue weighted by atomic mass is 16.5. The molecule has 1 N–H and O–H groups in total. The van der Waals surface area contributed by atoms with Gasteiger partial charge in [0.25, 0.3) is 0 Å². The van der Waals surface area contributed by atoms with E-state index in [1.165, 1.54) is 0 Å². The van der Waals surface area contributed by atoms with E-state index in [4.69, 9.17) is 4.74 Å². The molecule has 1 saturated carbocycles. The van der Waals surface area contributed by atoms with Crippen molar-refractivity contribution >= 4 is 5.97 Å². The van der Waals surface area contributed by atoms with Crippen LogP contribution in [0, 0.1) is 5.92 Å². The van der Waals surface area contributed by atoms with E-state index in [1.807, 2.05) is 54.6 Å². The van der Waals surface area contributed by atoms with Crippen LogP contribution < -0.4 is 0 Å². The van der Waals surface area contributed by atoms with E-state index in [2.05, 4.69) is 36.4 Å². The predicted molar refractivity (Wildman–Crippen MR) is 114 cm³/mol. The van der Waals surface area contributed by atoms with Crippen molar-refractivity contribution in [3.63, 3.8) is 0 Å². The molecule has 29 heavy (non-hydrogen) atoms. The molecule has 1 aliphatic rings. The van der Waals surface area contributed by atoms with Gasteiger partial charge >= 0.3 is 5.97 Å². The van der Waals surface area contributed by atoms with E-state index < -0.39 is 11.6 Å². The number of carbonyl (C=O) groups is 1. The summed E-state index contributed by atoms with van der Waals surface area (Å²) in [6.45, 7) is 0. The number of hydrogen-bond acceptors (Lipinski definition) is 2. The molecule has 3 aromatic carbocycles. The molecule has 0 atom stereocenters. The number of carboxylic acid groups (broad SMARTS) is 1. The Morgan fingerprint density at radius 3 is 1.41 bits per heavy atom. The first-order valence-electron chi connectivity index (χ1n) is 10.3. The predicted octanol–water partition coefficient (Wildman–Crippen LogP) is 5.64. The topological polar surface area (TPSA) is 46.5 Å². The Morgan fingerprint density at radius 1 is 0.690 bits per heavy atom. The van der Waals surface area contributed by atoms with E-state index in [-0.39, 0.29) is 12.0 Å². The molecule has 3 nitrogen and oxygen atoms in total. The van der Waals surface area contributed by atoms with Crippen LogP contribution in [-0.2, 0) is 15.1 Å². The lowest BCUT2D eigenvalue weighted by molar-refractivity contribution is -0.144. The molecule has 3 heteroatoms. The SMILES string of the molecule is O=C(O)C1CCC(OC(c2ccccc2)(c2ccccc2)c2ccccc2)CC1. The third-order valence-corrected chi connectivity index (χ3v) is 5.91. The van der Waals surface area contributed by atoms with Gasteiger partial charge in [0.15, 0.2) is 0 Å². The molecular weight excluding hydrogens is 360 g/mol. The van der Waals surface area contributed by atoms with Gasteiger partial charge in [-0.15, -0.1) is 0 Å². The monoisotopic (exact) mass is 386 g/mol. The molecule has 3 aromatic rings. The molecule has 0 radical (unpaired) electrons. The van der Waals surface area contributed by atoms with Gasteiger partial charge in [-0.05, 0) is 42.4 Å². The number of ether oxygens (including phenoxy) is 1. The van der Waals surface area contributed by atoms with Crippen molar-refractivity contribution in [1.82, 2.24) is 0 Å². The van der Waals surface area contributed by atoms with Gasteiger partial charge in [0.05, 0.1) is 12.0 Å². The molecule has 0 heterocycles. The maximum Gasteiger partial charge on any atom is 0.306 e. The number of rotatable bonds is 6. The van der Waals surface area contributed by atoms with Crippen LogP contribution in [0.5, 0.6) is 0 Å². The molecule has 0 unspecified atom stereocenters. The van der Waals surface area contributed by atoms with Gasteiger partial charge in [0.1, 0.15) is 5.60 Å². The second kappa shape index (κ2) is 8.62. The zero-order chi connectivity index (χ0) is 20.1. The fourth-order valence-electron chi connectivity index (χ4n) is 4.40. The van der Waals surface area contributed by atoms with Crippen molar-refractivity contribution in [3.05, 3.63) is 108 Å². The van der Waals surface area contributed by atoms with Gasteiger partial charge < -0.3 is 9.84 Å². The quantitative estimate of drug-likeness (QED) is 0.558. The van der Waals surface area contributed by atoms with Crippen LogP contribution in [-0.4, -0.2) is 17.2 Å². The maximum absolute atomic E-state index is 11.4. The smallest absolute Gasteiger partial charge is 0.306 e. The Kier molecular flexibility index (Phi) is 5.77. The Hall–Kier alpha value is -2.91. The van der Waals surface area contributed by atoms with Gasteiger partial charge in [0, 0.05) is 0 Å². The molecular formula is C26H26O3. The number of benzene rings is 3. The Balaban J connectivity index is 1.79. The van der Waals surface area contributed by atoms with Gasteiger partial charge in [0.2, 0.25) is 0 Å². The van der Waals surface area contributed by atoms with Crippen molar-refractivity contribution in [3.8, 4) is 0 Å². The fourth-order valence-corrected chi connectivity index (χ4v) is 4.40. The first-order chi connectivity index (χ1) is 14.2. The summed E-state index contributed by atoms with van der Waals surface area (Å²) in [5.41, 5.74) is 2.51. The largest absolute Gasteiger partial charge is 0.481 e. The third kappa shape index (κ3) is 3.96. The van der Waals surface area contributed by atoms with Crippen LogP contribution in [0.2, 0.25) is 0 Å². The normalized spacial score (nSPS) is 19.6. The first kappa shape index (κ1) is 19.4. The van der Waals surface area contributed by atoms with Crippen LogP contribution >= 0.6 is 0 Å². The molecule has 148 valence electrons. The average molecular weight is 386 g/mol. The van der Waals surface area contributed by atoms with Crippen molar-refractivity contribution in [2.24, 2.45) is 5.92 Å². The van der Waals surface area contributed by atoms with E-state index >= 15 is 0 Å². The van der Waals surface area contributed by atoms with E-state index in [1.54, 1.807) is 0 Å². The summed E-state index contributed by atoms with van der Waals surface area (Å²) < 4.78 is 6.97. The summed E-state index contributed by atoms with van der Waals surface area (Å²) in [6, 6.07) is 31.0. The Bertz CT molecular complexity index is 817. The highest BCUT2D eigenvalue weighted by Crippen LogP contribution is 2.43. The Morgan fingerprint density at radius 2 is 1.07 bits per heavy atom. The molecule has 0 aromatic heterocycles. The van der Waals surface area contributed by atoms with Crippen LogP contribution in [0.3, 0.4) is 0 Å². The van der Waals surface area contributed by atoms with Crippen molar-refractivity contribution < 1.29 is 14.6 Å². The molecule has 0 spiro atoms. The molecule has 1 aliphatic carbocycles. The van der Waals surface area contributed by atoms with Crippen molar-refractivity contribution in [2.75, 3.05) is 0 Å². The summed E-state index contributed by atoms with van der Waals surface area (Å²) in [7, 11) is 0. The number of carboxylic acids is 1. The van der Waals surface area contributed by atoms with E-state index in [0.29, 0.717) is 12.8 Å². The van der Waals surface area contributed by atoms with Gasteiger partial charge in [-0.3, -0.25) is 4.79 Å². The fraction of sp³-hybridized carbons (Fsp3) is 0.269. The van der Waals surface area contributed by atoms with Crippen LogP contribution in [0.25, 0.3) is 0 Å². The standard InChI is InChI=1S/C26H26O3/c27-25(28)20-16-18-24(19-17-20)29-26(21-10-4-1-5-11-21,22-12-6-2-7-13-22)23-14-8-3-9-15-23/h1-15,20,24H,16-19H2,(H,27,28). The van der Waals surface area contributed by atoms with E-state index in [0.717, 1.165) is 29.5 Å². The Labute approximate surface area is 172 Å². The zero-order valence-corrected chi connectivity index (χ0v) is 16.4. The average Bonchev–Trinajstić information content (AvgIpc) is 2.79. The summed E-state index contributed by atoms with van der Waals surface area (Å²) in [6.07, 6.45) is 2.84. The van der Waals surface area contributed by atoms with E-state index in [9.17, 15) is 9.90 Å². The van der Waals surface area contributed by atoms with Crippen LogP contribution in [0.15, 0.2) is 91.0 Å². The lowest BCUT2D eigenvalue weighted by atomic mass is 9.79. The highest BCUT2D eigenvalue weighted by Gasteiger charge is 2.41. The second-order valence-corrected chi connectivity index (χ2v) is 7.71. The molecule has 0 bridgehead atoms. The summed E-state index contributed by atoms with van der Waals surface area (Å²) in [5, 5.41) is 9.35. The van der Waals surface area contributed by atoms with Gasteiger partial charge in [-0.2, -0.15) is 0 Å².